The van der Waals surface area contributed by atoms with Crippen molar-refractivity contribution in [2.45, 2.75) is 418 Å². The number of hydrogen-bond donors (Lipinski definition) is 3. The van der Waals surface area contributed by atoms with Crippen LogP contribution in [0.1, 0.15) is 406 Å². The number of aliphatic hydroxyl groups excluding tert-OH is 2. The number of nitrogens with one attached hydrogen (secondary N) is 1. The summed E-state index contributed by atoms with van der Waals surface area (Å²) >= 11 is 0. The van der Waals surface area contributed by atoms with Crippen molar-refractivity contribution in [3.63, 3.8) is 0 Å². The van der Waals surface area contributed by atoms with Crippen LogP contribution in [0, 0.1) is 0 Å². The van der Waals surface area contributed by atoms with Gasteiger partial charge in [-0.1, -0.05) is 353 Å². The number of amides is 1. The molecule has 0 rings (SSSR count). The highest BCUT2D eigenvalue weighted by Gasteiger charge is 2.20. The lowest BCUT2D eigenvalue weighted by Gasteiger charge is -2.22. The fourth-order valence-corrected chi connectivity index (χ4v) is 11.4. The first-order valence-corrected chi connectivity index (χ1v) is 35.4. The molecule has 77 heavy (non-hydrogen) atoms. The van der Waals surface area contributed by atoms with Gasteiger partial charge in [0.1, 0.15) is 0 Å². The second-order valence-electron chi connectivity index (χ2n) is 24.6. The molecule has 0 aromatic heterocycles. The maximum Gasteiger partial charge on any atom is 0.305 e. The summed E-state index contributed by atoms with van der Waals surface area (Å²) in [5.41, 5.74) is 0. The van der Waals surface area contributed by atoms with Gasteiger partial charge in [0.2, 0.25) is 5.91 Å². The molecule has 2 unspecified atom stereocenters. The van der Waals surface area contributed by atoms with Crippen molar-refractivity contribution in [3.05, 3.63) is 12.2 Å². The molecule has 3 N–H and O–H groups in total. The topological polar surface area (TPSA) is 95.9 Å². The molecular weight excluding hydrogens is 947 g/mol. The highest BCUT2D eigenvalue weighted by molar-refractivity contribution is 5.76. The number of rotatable bonds is 67. The van der Waals surface area contributed by atoms with Crippen molar-refractivity contribution in [1.29, 1.82) is 0 Å². The Morgan fingerprint density at radius 2 is 0.610 bits per heavy atom. The Balaban J connectivity index is 3.40. The molecule has 458 valence electrons. The summed E-state index contributed by atoms with van der Waals surface area (Å²) in [6, 6.07) is -0.548. The van der Waals surface area contributed by atoms with Crippen LogP contribution in [-0.2, 0) is 14.3 Å². The number of allylic oxidation sites excluding steroid dienone is 2. The summed E-state index contributed by atoms with van der Waals surface area (Å²) in [5, 5.41) is 23.4. The zero-order valence-corrected chi connectivity index (χ0v) is 52.5. The minimum atomic E-state index is -0.670. The van der Waals surface area contributed by atoms with Crippen LogP contribution in [-0.4, -0.2) is 47.4 Å². The number of hydrogen-bond acceptors (Lipinski definition) is 5. The van der Waals surface area contributed by atoms with E-state index in [2.05, 4.69) is 31.3 Å². The van der Waals surface area contributed by atoms with Crippen molar-refractivity contribution in [3.8, 4) is 0 Å². The van der Waals surface area contributed by atoms with Gasteiger partial charge in [0.05, 0.1) is 25.4 Å². The third kappa shape index (κ3) is 63.6. The predicted octanol–water partition coefficient (Wildman–Crippen LogP) is 22.8. The Morgan fingerprint density at radius 3 is 0.922 bits per heavy atom. The quantitative estimate of drug-likeness (QED) is 0.0320. The van der Waals surface area contributed by atoms with Gasteiger partial charge in [-0.25, -0.2) is 0 Å². The number of carbonyl (C=O) groups is 2. The van der Waals surface area contributed by atoms with Crippen LogP contribution in [0.3, 0.4) is 0 Å². The standard InChI is InChI=1S/C71H139NO5/c1-3-5-7-9-11-13-15-17-19-21-23-24-28-31-35-39-43-47-51-55-59-63-69(74)68(67-73)72-70(75)64-60-56-52-48-44-40-36-32-29-25-26-30-34-38-42-46-50-54-58-62-66-77-71(76)65-61-57-53-49-45-41-37-33-27-22-20-18-16-14-12-10-8-6-4-2/h25,29,68-69,73-74H,3-24,26-28,30-67H2,1-2H3,(H,72,75)/b29-25-. The lowest BCUT2D eigenvalue weighted by atomic mass is 10.0. The van der Waals surface area contributed by atoms with Gasteiger partial charge in [-0.05, 0) is 51.4 Å². The first-order chi connectivity index (χ1) is 38.0. The highest BCUT2D eigenvalue weighted by atomic mass is 16.5. The largest absolute Gasteiger partial charge is 0.466 e. The molecule has 2 atom stereocenters. The van der Waals surface area contributed by atoms with Crippen molar-refractivity contribution >= 4 is 11.9 Å². The third-order valence-corrected chi connectivity index (χ3v) is 16.8. The second kappa shape index (κ2) is 67.1. The van der Waals surface area contributed by atoms with E-state index < -0.39 is 12.1 Å². The minimum Gasteiger partial charge on any atom is -0.466 e. The molecule has 0 aliphatic carbocycles. The van der Waals surface area contributed by atoms with E-state index in [9.17, 15) is 19.8 Å². The van der Waals surface area contributed by atoms with E-state index >= 15 is 0 Å². The van der Waals surface area contributed by atoms with E-state index in [1.807, 2.05) is 0 Å². The first kappa shape index (κ1) is 75.6. The molecule has 1 amide bonds. The molecule has 0 aliphatic rings. The number of ether oxygens (including phenoxy) is 1. The Hall–Kier alpha value is -1.40. The Morgan fingerprint density at radius 1 is 0.351 bits per heavy atom. The van der Waals surface area contributed by atoms with Gasteiger partial charge in [-0.2, -0.15) is 0 Å². The van der Waals surface area contributed by atoms with Crippen LogP contribution in [0.2, 0.25) is 0 Å². The van der Waals surface area contributed by atoms with Crippen LogP contribution in [0.25, 0.3) is 0 Å². The van der Waals surface area contributed by atoms with Crippen LogP contribution < -0.4 is 5.32 Å². The van der Waals surface area contributed by atoms with E-state index in [4.69, 9.17) is 4.74 Å². The zero-order chi connectivity index (χ0) is 55.7. The predicted molar refractivity (Wildman–Crippen MR) is 338 cm³/mol. The fourth-order valence-electron chi connectivity index (χ4n) is 11.4. The number of carbonyl (C=O) groups excluding carboxylic acids is 2. The van der Waals surface area contributed by atoms with Gasteiger partial charge in [-0.3, -0.25) is 9.59 Å². The van der Waals surface area contributed by atoms with Crippen molar-refractivity contribution in [2.75, 3.05) is 13.2 Å². The van der Waals surface area contributed by atoms with Gasteiger partial charge in [0.25, 0.3) is 0 Å². The molecule has 0 aromatic carbocycles. The smallest absolute Gasteiger partial charge is 0.305 e. The molecule has 0 radical (unpaired) electrons. The zero-order valence-electron chi connectivity index (χ0n) is 52.5. The molecule has 0 aliphatic heterocycles. The van der Waals surface area contributed by atoms with E-state index in [-0.39, 0.29) is 18.5 Å². The van der Waals surface area contributed by atoms with Crippen LogP contribution in [0.15, 0.2) is 12.2 Å². The monoisotopic (exact) mass is 1090 g/mol. The fraction of sp³-hybridized carbons (Fsp3) is 0.944. The first-order valence-electron chi connectivity index (χ1n) is 35.4. The summed E-state index contributed by atoms with van der Waals surface area (Å²) in [7, 11) is 0. The molecular formula is C71H139NO5. The number of esters is 1. The third-order valence-electron chi connectivity index (χ3n) is 16.8. The summed E-state index contributed by atoms with van der Waals surface area (Å²) in [6.07, 6.45) is 82.5. The normalized spacial score (nSPS) is 12.5. The van der Waals surface area contributed by atoms with Crippen molar-refractivity contribution in [1.82, 2.24) is 5.32 Å². The SMILES string of the molecule is CCCCCCCCCCCCCCCCCCCCCCCC(O)C(CO)NC(=O)CCCCCCCCC/C=C\CCCCCCCCCCCOC(=O)CCCCCCCCCCCCCCCCCCCCC. The van der Waals surface area contributed by atoms with Gasteiger partial charge >= 0.3 is 5.97 Å². The van der Waals surface area contributed by atoms with E-state index in [1.165, 1.54) is 334 Å². The average Bonchev–Trinajstić information content (AvgIpc) is 3.43. The van der Waals surface area contributed by atoms with Crippen LogP contribution >= 0.6 is 0 Å². The average molecular weight is 1090 g/mol. The highest BCUT2D eigenvalue weighted by Crippen LogP contribution is 2.19. The van der Waals surface area contributed by atoms with Gasteiger partial charge < -0.3 is 20.3 Å². The molecule has 6 heteroatoms. The lowest BCUT2D eigenvalue weighted by molar-refractivity contribution is -0.143. The van der Waals surface area contributed by atoms with E-state index in [1.54, 1.807) is 0 Å². The van der Waals surface area contributed by atoms with E-state index in [0.29, 0.717) is 25.9 Å². The Labute approximate surface area is 482 Å². The van der Waals surface area contributed by atoms with Crippen molar-refractivity contribution < 1.29 is 24.5 Å². The molecule has 0 bridgehead atoms. The minimum absolute atomic E-state index is 0.0124. The van der Waals surface area contributed by atoms with E-state index in [0.717, 1.165) is 38.5 Å². The molecule has 0 fully saturated rings. The molecule has 0 saturated heterocycles. The molecule has 0 spiro atoms. The molecule has 0 heterocycles. The molecule has 0 saturated carbocycles. The lowest BCUT2D eigenvalue weighted by Crippen LogP contribution is -2.45. The Kier molecular flexibility index (Phi) is 65.9. The molecule has 6 nitrogen and oxygen atoms in total. The number of unbranched alkanes of at least 4 members (excludes halogenated alkanes) is 54. The van der Waals surface area contributed by atoms with Crippen molar-refractivity contribution in [2.24, 2.45) is 0 Å². The second-order valence-corrected chi connectivity index (χ2v) is 24.6. The maximum absolute atomic E-state index is 12.5. The maximum atomic E-state index is 12.5. The van der Waals surface area contributed by atoms with Crippen LogP contribution in [0.5, 0.6) is 0 Å². The summed E-state index contributed by atoms with van der Waals surface area (Å²) in [5.74, 6) is -0.0264. The number of aliphatic hydroxyl groups is 2. The summed E-state index contributed by atoms with van der Waals surface area (Å²) < 4.78 is 5.51. The van der Waals surface area contributed by atoms with Gasteiger partial charge in [0.15, 0.2) is 0 Å². The summed E-state index contributed by atoms with van der Waals surface area (Å²) in [6.45, 7) is 4.99. The van der Waals surface area contributed by atoms with Gasteiger partial charge in [-0.15, -0.1) is 0 Å². The Bertz CT molecular complexity index is 1160. The summed E-state index contributed by atoms with van der Waals surface area (Å²) in [4.78, 5) is 24.7. The molecule has 0 aromatic rings. The van der Waals surface area contributed by atoms with Crippen LogP contribution in [0.4, 0.5) is 0 Å². The van der Waals surface area contributed by atoms with Gasteiger partial charge in [0, 0.05) is 12.8 Å².